The minimum atomic E-state index is -0.472. The highest BCUT2D eigenvalue weighted by molar-refractivity contribution is 6.03. The van der Waals surface area contributed by atoms with Crippen LogP contribution in [0, 0.1) is 10.1 Å². The first-order valence-electron chi connectivity index (χ1n) is 11.8. The van der Waals surface area contributed by atoms with Crippen molar-refractivity contribution in [2.45, 2.75) is 13.3 Å². The number of H-pyrrole nitrogens is 2. The maximum absolute atomic E-state index is 13.6. The van der Waals surface area contributed by atoms with Crippen LogP contribution in [0.5, 0.6) is 5.75 Å². The van der Waals surface area contributed by atoms with Crippen LogP contribution in [0.2, 0.25) is 0 Å². The molecule has 9 nitrogen and oxygen atoms in total. The van der Waals surface area contributed by atoms with E-state index in [0.29, 0.717) is 35.0 Å². The van der Waals surface area contributed by atoms with Gasteiger partial charge in [0.2, 0.25) is 0 Å². The number of methoxy groups -OCH3 is 1. The van der Waals surface area contributed by atoms with Crippen LogP contribution in [0.3, 0.4) is 0 Å². The number of non-ortho nitro benzene ring substituents is 1. The highest BCUT2D eigenvalue weighted by atomic mass is 16.6. The molecule has 5 aromatic rings. The smallest absolute Gasteiger partial charge is 0.280 e. The quantitative estimate of drug-likeness (QED) is 0.173. The topological polar surface area (TPSA) is 118 Å². The van der Waals surface area contributed by atoms with Gasteiger partial charge in [-0.15, -0.1) is 0 Å². The van der Waals surface area contributed by atoms with E-state index in [-0.39, 0.29) is 11.2 Å². The van der Waals surface area contributed by atoms with Crippen molar-refractivity contribution in [2.75, 3.05) is 13.7 Å². The van der Waals surface area contributed by atoms with E-state index in [4.69, 9.17) is 9.73 Å². The highest BCUT2D eigenvalue weighted by Gasteiger charge is 2.20. The van der Waals surface area contributed by atoms with Crippen LogP contribution < -0.4 is 10.3 Å². The number of fused-ring (bicyclic) bond motifs is 1. The average Bonchev–Trinajstić information content (AvgIpc) is 3.49. The summed E-state index contributed by atoms with van der Waals surface area (Å²) in [5.74, 6) is 0.701. The summed E-state index contributed by atoms with van der Waals surface area (Å²) in [7, 11) is 1.60. The van der Waals surface area contributed by atoms with Crippen molar-refractivity contribution >= 4 is 22.3 Å². The zero-order chi connectivity index (χ0) is 25.9. The number of aliphatic imine (C=N–C) groups is 1. The Hall–Kier alpha value is -4.92. The van der Waals surface area contributed by atoms with E-state index in [0.717, 1.165) is 22.9 Å². The number of nitrogens with one attached hydrogen (secondary N) is 2. The SMILES string of the molecule is COc1ccc(-c2[nH]n(-c3ccc([N+](=O)[O-])cc3)c(=O)c2C(C)=NCCc2c[nH]c3ccccc23)cc1. The number of aromatic amines is 2. The summed E-state index contributed by atoms with van der Waals surface area (Å²) in [5, 5.41) is 15.4. The lowest BCUT2D eigenvalue weighted by atomic mass is 10.0. The van der Waals surface area contributed by atoms with Gasteiger partial charge >= 0.3 is 0 Å². The third-order valence-corrected chi connectivity index (χ3v) is 6.35. The van der Waals surface area contributed by atoms with Crippen LogP contribution in [0.15, 0.2) is 88.8 Å². The molecule has 0 fully saturated rings. The first-order valence-corrected chi connectivity index (χ1v) is 11.8. The first kappa shape index (κ1) is 23.8. The molecule has 186 valence electrons. The van der Waals surface area contributed by atoms with Gasteiger partial charge in [0.1, 0.15) is 5.75 Å². The van der Waals surface area contributed by atoms with E-state index < -0.39 is 4.92 Å². The van der Waals surface area contributed by atoms with Gasteiger partial charge in [-0.3, -0.25) is 25.0 Å². The average molecular weight is 496 g/mol. The molecule has 2 heterocycles. The Labute approximate surface area is 212 Å². The fourth-order valence-corrected chi connectivity index (χ4v) is 4.41. The molecule has 2 aromatic heterocycles. The molecule has 0 unspecified atom stereocenters. The van der Waals surface area contributed by atoms with E-state index in [1.54, 1.807) is 19.2 Å². The molecule has 0 radical (unpaired) electrons. The Bertz CT molecular complexity index is 1660. The fourth-order valence-electron chi connectivity index (χ4n) is 4.41. The molecule has 0 spiro atoms. The summed E-state index contributed by atoms with van der Waals surface area (Å²) < 4.78 is 6.66. The lowest BCUT2D eigenvalue weighted by Crippen LogP contribution is -2.20. The monoisotopic (exact) mass is 495 g/mol. The van der Waals surface area contributed by atoms with Gasteiger partial charge in [0, 0.05) is 47.1 Å². The second kappa shape index (κ2) is 9.98. The Morgan fingerprint density at radius 3 is 2.49 bits per heavy atom. The zero-order valence-electron chi connectivity index (χ0n) is 20.4. The molecule has 37 heavy (non-hydrogen) atoms. The summed E-state index contributed by atoms with van der Waals surface area (Å²) in [6.07, 6.45) is 2.72. The number of hydrogen-bond acceptors (Lipinski definition) is 5. The maximum Gasteiger partial charge on any atom is 0.280 e. The Balaban J connectivity index is 1.52. The van der Waals surface area contributed by atoms with Crippen molar-refractivity contribution in [3.63, 3.8) is 0 Å². The number of aromatic nitrogens is 3. The van der Waals surface area contributed by atoms with E-state index >= 15 is 0 Å². The van der Waals surface area contributed by atoms with Gasteiger partial charge in [0.15, 0.2) is 0 Å². The number of rotatable bonds is 8. The Morgan fingerprint density at radius 1 is 1.05 bits per heavy atom. The van der Waals surface area contributed by atoms with E-state index in [1.807, 2.05) is 55.6 Å². The summed E-state index contributed by atoms with van der Waals surface area (Å²) in [4.78, 5) is 32.2. The van der Waals surface area contributed by atoms with Crippen molar-refractivity contribution in [3.05, 3.63) is 111 Å². The summed E-state index contributed by atoms with van der Waals surface area (Å²) in [6, 6.07) is 21.3. The van der Waals surface area contributed by atoms with Crippen molar-refractivity contribution < 1.29 is 9.66 Å². The van der Waals surface area contributed by atoms with Gasteiger partial charge in [0.05, 0.1) is 29.0 Å². The van der Waals surface area contributed by atoms with Crippen LogP contribution in [0.1, 0.15) is 18.1 Å². The fraction of sp³-hybridized carbons (Fsp3) is 0.143. The lowest BCUT2D eigenvalue weighted by Gasteiger charge is -2.05. The number of hydrogen-bond donors (Lipinski definition) is 2. The van der Waals surface area contributed by atoms with Crippen LogP contribution in [-0.4, -0.2) is 39.1 Å². The highest BCUT2D eigenvalue weighted by Crippen LogP contribution is 2.25. The summed E-state index contributed by atoms with van der Waals surface area (Å²) in [5.41, 5.74) is 4.86. The van der Waals surface area contributed by atoms with Crippen LogP contribution in [-0.2, 0) is 6.42 Å². The molecule has 0 saturated carbocycles. The van der Waals surface area contributed by atoms with Crippen LogP contribution >= 0.6 is 0 Å². The van der Waals surface area contributed by atoms with E-state index in [2.05, 4.69) is 16.1 Å². The molecule has 0 aliphatic heterocycles. The second-order valence-electron chi connectivity index (χ2n) is 8.58. The molecule has 0 atom stereocenters. The number of benzene rings is 3. The molecule has 3 aromatic carbocycles. The predicted molar refractivity (Wildman–Crippen MR) is 144 cm³/mol. The molecule has 0 saturated heterocycles. The molecular weight excluding hydrogens is 470 g/mol. The number of nitrogens with zero attached hydrogens (tertiary/aromatic N) is 3. The largest absolute Gasteiger partial charge is 0.497 e. The number of nitro groups is 1. The van der Waals surface area contributed by atoms with E-state index in [1.165, 1.54) is 22.4 Å². The van der Waals surface area contributed by atoms with Gasteiger partial charge in [-0.25, -0.2) is 4.68 Å². The van der Waals surface area contributed by atoms with Crippen molar-refractivity contribution in [1.82, 2.24) is 14.8 Å². The first-order chi connectivity index (χ1) is 18.0. The van der Waals surface area contributed by atoms with Gasteiger partial charge in [-0.2, -0.15) is 0 Å². The minimum absolute atomic E-state index is 0.0472. The zero-order valence-corrected chi connectivity index (χ0v) is 20.4. The molecule has 2 N–H and O–H groups in total. The standard InChI is InChI=1S/C28H25N5O4/c1-18(29-16-15-20-17-30-25-6-4-3-5-24(20)25)26-27(19-7-13-23(37-2)14-8-19)31-32(28(26)34)21-9-11-22(12-10-21)33(35)36/h3-14,17,30-31H,15-16H2,1-2H3. The maximum atomic E-state index is 13.6. The van der Waals surface area contributed by atoms with Crippen molar-refractivity contribution in [3.8, 4) is 22.7 Å². The van der Waals surface area contributed by atoms with Gasteiger partial charge in [-0.05, 0) is 61.4 Å². The Morgan fingerprint density at radius 2 is 1.78 bits per heavy atom. The summed E-state index contributed by atoms with van der Waals surface area (Å²) in [6.45, 7) is 2.34. The predicted octanol–water partition coefficient (Wildman–Crippen LogP) is 5.28. The van der Waals surface area contributed by atoms with Crippen LogP contribution in [0.4, 0.5) is 5.69 Å². The second-order valence-corrected chi connectivity index (χ2v) is 8.58. The number of ether oxygens (including phenoxy) is 1. The van der Waals surface area contributed by atoms with Gasteiger partial charge < -0.3 is 9.72 Å². The lowest BCUT2D eigenvalue weighted by molar-refractivity contribution is -0.384. The number of para-hydroxylation sites is 1. The van der Waals surface area contributed by atoms with Gasteiger partial charge in [-0.1, -0.05) is 18.2 Å². The molecule has 0 bridgehead atoms. The molecule has 5 rings (SSSR count). The molecule has 0 aliphatic rings. The summed E-state index contributed by atoms with van der Waals surface area (Å²) >= 11 is 0. The molecule has 0 aliphatic carbocycles. The minimum Gasteiger partial charge on any atom is -0.497 e. The van der Waals surface area contributed by atoms with Crippen molar-refractivity contribution in [1.29, 1.82) is 0 Å². The Kier molecular flexibility index (Phi) is 6.42. The third-order valence-electron chi connectivity index (χ3n) is 6.35. The molecule has 9 heteroatoms. The normalized spacial score (nSPS) is 11.7. The molecule has 0 amide bonds. The van der Waals surface area contributed by atoms with Crippen molar-refractivity contribution in [2.24, 2.45) is 4.99 Å². The third kappa shape index (κ3) is 4.66. The number of nitro benzene ring substituents is 1. The van der Waals surface area contributed by atoms with Crippen LogP contribution in [0.25, 0.3) is 27.8 Å². The van der Waals surface area contributed by atoms with Gasteiger partial charge in [0.25, 0.3) is 11.2 Å². The van der Waals surface area contributed by atoms with E-state index in [9.17, 15) is 14.9 Å². The molecular formula is C28H25N5O4.